The summed E-state index contributed by atoms with van der Waals surface area (Å²) in [4.78, 5) is 30.9. The van der Waals surface area contributed by atoms with Crippen LogP contribution >= 0.6 is 0 Å². The molecule has 1 unspecified atom stereocenters. The average Bonchev–Trinajstić information content (AvgIpc) is 3.58. The quantitative estimate of drug-likeness (QED) is 0.297. The topological polar surface area (TPSA) is 114 Å². The van der Waals surface area contributed by atoms with E-state index in [1.807, 2.05) is 53.2 Å². The van der Waals surface area contributed by atoms with E-state index in [0.717, 1.165) is 44.4 Å². The molecule has 6 rings (SSSR count). The Balaban J connectivity index is 1.39. The van der Waals surface area contributed by atoms with Crippen molar-refractivity contribution < 1.29 is 19.1 Å². The molecule has 2 amide bonds. The van der Waals surface area contributed by atoms with Crippen molar-refractivity contribution in [1.82, 2.24) is 30.2 Å². The lowest BCUT2D eigenvalue weighted by Crippen LogP contribution is -2.41. The van der Waals surface area contributed by atoms with Gasteiger partial charge in [-0.05, 0) is 66.9 Å². The van der Waals surface area contributed by atoms with E-state index in [-0.39, 0.29) is 18.6 Å². The van der Waals surface area contributed by atoms with E-state index < -0.39 is 6.04 Å². The molecule has 10 heteroatoms. The summed E-state index contributed by atoms with van der Waals surface area (Å²) in [6.45, 7) is 3.47. The maximum Gasteiger partial charge on any atom is 0.410 e. The van der Waals surface area contributed by atoms with E-state index >= 15 is 0 Å². The van der Waals surface area contributed by atoms with Gasteiger partial charge in [-0.2, -0.15) is 0 Å². The second-order valence-electron chi connectivity index (χ2n) is 9.65. The van der Waals surface area contributed by atoms with Gasteiger partial charge in [0.1, 0.15) is 11.6 Å². The Morgan fingerprint density at radius 1 is 1.10 bits per heavy atom. The molecular formula is C30H30N6O4. The highest BCUT2D eigenvalue weighted by molar-refractivity contribution is 5.94. The molecule has 0 aliphatic carbocycles. The zero-order valence-electron chi connectivity index (χ0n) is 22.4. The second kappa shape index (κ2) is 10.8. The molecule has 0 saturated carbocycles. The molecule has 2 N–H and O–H groups in total. The number of aromatic amines is 1. The van der Waals surface area contributed by atoms with Gasteiger partial charge in [-0.15, -0.1) is 5.10 Å². The predicted octanol–water partition coefficient (Wildman–Crippen LogP) is 4.38. The summed E-state index contributed by atoms with van der Waals surface area (Å²) in [6.07, 6.45) is 0.305. The Morgan fingerprint density at radius 2 is 1.93 bits per heavy atom. The Kier molecular flexibility index (Phi) is 6.91. The van der Waals surface area contributed by atoms with Crippen molar-refractivity contribution >= 4 is 33.9 Å². The van der Waals surface area contributed by atoms with Gasteiger partial charge in [0.2, 0.25) is 0 Å². The number of methoxy groups -OCH3 is 1. The van der Waals surface area contributed by atoms with Crippen LogP contribution in [0.1, 0.15) is 40.1 Å². The van der Waals surface area contributed by atoms with E-state index in [1.54, 1.807) is 31.1 Å². The van der Waals surface area contributed by atoms with Crippen molar-refractivity contribution in [3.8, 4) is 5.69 Å². The summed E-state index contributed by atoms with van der Waals surface area (Å²) < 4.78 is 12.3. The third-order valence-corrected chi connectivity index (χ3v) is 7.29. The summed E-state index contributed by atoms with van der Waals surface area (Å²) in [7, 11) is 1.59. The maximum absolute atomic E-state index is 13.1. The fourth-order valence-corrected chi connectivity index (χ4v) is 5.40. The molecule has 0 bridgehead atoms. The third kappa shape index (κ3) is 4.56. The first kappa shape index (κ1) is 25.6. The van der Waals surface area contributed by atoms with Crippen LogP contribution in [0.15, 0.2) is 66.7 Å². The number of carbonyl (C=O) groups excluding carboxylic acids is 2. The van der Waals surface area contributed by atoms with Crippen LogP contribution in [0.4, 0.5) is 4.79 Å². The number of amides is 2. The highest BCUT2D eigenvalue weighted by Crippen LogP contribution is 2.39. The lowest BCUT2D eigenvalue weighted by Gasteiger charge is -2.35. The number of ether oxygens (including phenoxy) is 2. The van der Waals surface area contributed by atoms with Gasteiger partial charge < -0.3 is 19.8 Å². The van der Waals surface area contributed by atoms with E-state index in [4.69, 9.17) is 9.47 Å². The summed E-state index contributed by atoms with van der Waals surface area (Å²) in [6, 6.07) is 21.0. The SMILES string of the molecule is CCOC(=O)N1CCc2c([nH]c3ccc(-n4nnc5ccccc54)cc23)C1c1ccc(C(=O)NCCOC)cc1. The van der Waals surface area contributed by atoms with Crippen LogP contribution < -0.4 is 5.32 Å². The van der Waals surface area contributed by atoms with Gasteiger partial charge in [0.05, 0.1) is 24.4 Å². The molecule has 0 fully saturated rings. The van der Waals surface area contributed by atoms with Gasteiger partial charge in [-0.25, -0.2) is 9.48 Å². The molecule has 204 valence electrons. The number of rotatable bonds is 7. The molecule has 0 spiro atoms. The number of fused-ring (bicyclic) bond motifs is 4. The number of H-pyrrole nitrogens is 1. The van der Waals surface area contributed by atoms with Crippen LogP contribution in [-0.4, -0.2) is 70.3 Å². The number of nitrogens with one attached hydrogen (secondary N) is 2. The number of hydrogen-bond acceptors (Lipinski definition) is 6. The number of carbonyl (C=O) groups is 2. The number of hydrogen-bond donors (Lipinski definition) is 2. The van der Waals surface area contributed by atoms with Crippen molar-refractivity contribution in [1.29, 1.82) is 0 Å². The van der Waals surface area contributed by atoms with Crippen LogP contribution in [0.25, 0.3) is 27.6 Å². The fourth-order valence-electron chi connectivity index (χ4n) is 5.40. The van der Waals surface area contributed by atoms with Crippen LogP contribution in [0, 0.1) is 0 Å². The largest absolute Gasteiger partial charge is 0.450 e. The monoisotopic (exact) mass is 538 g/mol. The average molecular weight is 539 g/mol. The first-order valence-corrected chi connectivity index (χ1v) is 13.3. The van der Waals surface area contributed by atoms with Gasteiger partial charge in [-0.3, -0.25) is 9.69 Å². The Bertz CT molecular complexity index is 1690. The van der Waals surface area contributed by atoms with Crippen molar-refractivity contribution in [2.24, 2.45) is 0 Å². The van der Waals surface area contributed by atoms with Crippen LogP contribution in [0.3, 0.4) is 0 Å². The van der Waals surface area contributed by atoms with Gasteiger partial charge in [0.25, 0.3) is 5.91 Å². The van der Waals surface area contributed by atoms with Crippen LogP contribution in [-0.2, 0) is 15.9 Å². The molecule has 5 aromatic rings. The number of nitrogens with zero attached hydrogens (tertiary/aromatic N) is 4. The van der Waals surface area contributed by atoms with Crippen LogP contribution in [0.2, 0.25) is 0 Å². The minimum atomic E-state index is -0.392. The highest BCUT2D eigenvalue weighted by Gasteiger charge is 2.35. The highest BCUT2D eigenvalue weighted by atomic mass is 16.6. The zero-order valence-corrected chi connectivity index (χ0v) is 22.4. The van der Waals surface area contributed by atoms with Crippen molar-refractivity contribution in [2.75, 3.05) is 33.4 Å². The van der Waals surface area contributed by atoms with E-state index in [2.05, 4.69) is 26.7 Å². The molecule has 0 radical (unpaired) electrons. The Morgan fingerprint density at radius 3 is 2.73 bits per heavy atom. The standard InChI is InChI=1S/C30H30N6O4/c1-3-40-30(38)35-16-14-22-23-18-21(36-26-7-5-4-6-25(26)33-34-36)12-13-24(23)32-27(22)28(35)19-8-10-20(11-9-19)29(37)31-15-17-39-2/h4-13,18,28,32H,3,14-17H2,1-2H3,(H,31,37). The summed E-state index contributed by atoms with van der Waals surface area (Å²) in [5.74, 6) is -0.172. The van der Waals surface area contributed by atoms with Gasteiger partial charge in [0.15, 0.2) is 0 Å². The molecule has 3 aromatic carbocycles. The van der Waals surface area contributed by atoms with Gasteiger partial charge in [0, 0.05) is 42.4 Å². The second-order valence-corrected chi connectivity index (χ2v) is 9.65. The Labute approximate surface area is 230 Å². The zero-order chi connectivity index (χ0) is 27.6. The number of para-hydroxylation sites is 1. The molecule has 0 saturated heterocycles. The first-order chi connectivity index (χ1) is 19.6. The number of benzene rings is 3. The Hall–Kier alpha value is -4.70. The lowest BCUT2D eigenvalue weighted by atomic mass is 9.92. The van der Waals surface area contributed by atoms with Gasteiger partial charge in [-0.1, -0.05) is 29.5 Å². The van der Waals surface area contributed by atoms with Crippen LogP contribution in [0.5, 0.6) is 0 Å². The molecule has 40 heavy (non-hydrogen) atoms. The summed E-state index contributed by atoms with van der Waals surface area (Å²) >= 11 is 0. The van der Waals surface area contributed by atoms with Crippen molar-refractivity contribution in [3.63, 3.8) is 0 Å². The van der Waals surface area contributed by atoms with E-state index in [9.17, 15) is 9.59 Å². The fraction of sp³-hybridized carbons (Fsp3) is 0.267. The normalized spacial score (nSPS) is 14.8. The minimum absolute atomic E-state index is 0.172. The third-order valence-electron chi connectivity index (χ3n) is 7.29. The van der Waals surface area contributed by atoms with Crippen molar-refractivity contribution in [2.45, 2.75) is 19.4 Å². The summed E-state index contributed by atoms with van der Waals surface area (Å²) in [5, 5.41) is 12.6. The molecule has 1 aliphatic rings. The lowest BCUT2D eigenvalue weighted by molar-refractivity contribution is 0.0922. The minimum Gasteiger partial charge on any atom is -0.450 e. The van der Waals surface area contributed by atoms with Gasteiger partial charge >= 0.3 is 6.09 Å². The molecular weight excluding hydrogens is 508 g/mol. The van der Waals surface area contributed by atoms with E-state index in [1.165, 1.54) is 0 Å². The molecule has 3 heterocycles. The van der Waals surface area contributed by atoms with E-state index in [0.29, 0.717) is 31.7 Å². The smallest absolute Gasteiger partial charge is 0.410 e. The molecule has 10 nitrogen and oxygen atoms in total. The maximum atomic E-state index is 13.1. The molecule has 1 aliphatic heterocycles. The molecule has 1 atom stereocenters. The number of aromatic nitrogens is 4. The first-order valence-electron chi connectivity index (χ1n) is 13.3. The molecule has 2 aromatic heterocycles. The summed E-state index contributed by atoms with van der Waals surface area (Å²) in [5.41, 5.74) is 7.17. The predicted molar refractivity (Wildman–Crippen MR) is 151 cm³/mol. The van der Waals surface area contributed by atoms with Crippen molar-refractivity contribution in [3.05, 3.63) is 89.1 Å².